The van der Waals surface area contributed by atoms with Gasteiger partial charge in [-0.1, -0.05) is 61.2 Å². The molecule has 0 unspecified atom stereocenters. The molecule has 3 fully saturated rings. The molecule has 0 spiro atoms. The lowest BCUT2D eigenvalue weighted by atomic mass is 9.84. The topological polar surface area (TPSA) is 121 Å². The van der Waals surface area contributed by atoms with Crippen molar-refractivity contribution in [3.05, 3.63) is 120 Å². The predicted octanol–water partition coefficient (Wildman–Crippen LogP) is 9.03. The Balaban J connectivity index is 0.000000176. The second kappa shape index (κ2) is 20.8. The minimum Gasteiger partial charge on any atom is -0.363 e. The van der Waals surface area contributed by atoms with Crippen LogP contribution < -0.4 is 40.0 Å². The molecule has 0 radical (unpaired) electrons. The number of anilines is 10. The number of pyridine rings is 2. The van der Waals surface area contributed by atoms with E-state index >= 15 is 0 Å². The fourth-order valence-corrected chi connectivity index (χ4v) is 8.49. The van der Waals surface area contributed by atoms with E-state index in [1.54, 1.807) is 0 Å². The Bertz CT molecular complexity index is 2400. The summed E-state index contributed by atoms with van der Waals surface area (Å²) in [5, 5.41) is 7.62. The van der Waals surface area contributed by atoms with Crippen LogP contribution in [0.15, 0.2) is 103 Å². The van der Waals surface area contributed by atoms with Gasteiger partial charge in [-0.15, -0.1) is 0 Å². The first-order valence-corrected chi connectivity index (χ1v) is 22.9. The Labute approximate surface area is 383 Å². The second-order valence-electron chi connectivity index (χ2n) is 17.1. The van der Waals surface area contributed by atoms with E-state index in [0.29, 0.717) is 0 Å². The van der Waals surface area contributed by atoms with Crippen molar-refractivity contribution in [2.75, 3.05) is 121 Å². The molecule has 1 aliphatic carbocycles. The summed E-state index contributed by atoms with van der Waals surface area (Å²) in [6, 6.07) is 30.9. The second-order valence-corrected chi connectivity index (χ2v) is 17.5. The Hall–Kier alpha value is -6.41. The van der Waals surface area contributed by atoms with Crippen molar-refractivity contribution in [2.24, 2.45) is 0 Å². The van der Waals surface area contributed by atoms with Gasteiger partial charge in [-0.25, -0.2) is 9.97 Å². The van der Waals surface area contributed by atoms with Crippen LogP contribution in [0.25, 0.3) is 0 Å². The summed E-state index contributed by atoms with van der Waals surface area (Å²) in [5.41, 5.74) is 4.48. The average Bonchev–Trinajstić information content (AvgIpc) is 3.34. The molecule has 4 aromatic heterocycles. The fourth-order valence-electron chi connectivity index (χ4n) is 8.31. The van der Waals surface area contributed by atoms with E-state index in [1.165, 1.54) is 37.7 Å². The molecule has 0 atom stereocenters. The van der Waals surface area contributed by atoms with E-state index in [-0.39, 0.29) is 0 Å². The standard InChI is InChI=1S/C27H35N7.C22H26ClN7/c1-32(2)26-20-24(29-23-13-11-22(12-14-23)21-8-4-3-5-9-21)30-27(31-26)34-18-16-33(17-19-34)25-10-6-7-15-28-25;1-16-7-8-17(14-18(16)23)25-19-15-21(28(2)3)27-22(26-19)30-12-10-29(11-13-30)20-6-4-5-9-24-20/h6-7,10-15,20-21H,3-5,8-9,16-19H2,1-2H3,(H,29,30,31);4-9,14-15H,10-13H2,1-3H3,(H,25,26,27). The van der Waals surface area contributed by atoms with Crippen molar-refractivity contribution in [3.8, 4) is 0 Å². The van der Waals surface area contributed by atoms with Crippen LogP contribution in [0.3, 0.4) is 0 Å². The summed E-state index contributed by atoms with van der Waals surface area (Å²) < 4.78 is 0. The van der Waals surface area contributed by atoms with Crippen LogP contribution in [0.5, 0.6) is 0 Å². The minimum absolute atomic E-state index is 0.721. The first-order chi connectivity index (χ1) is 31.1. The van der Waals surface area contributed by atoms with Crippen molar-refractivity contribution >= 4 is 69.8 Å². The molecule has 2 N–H and O–H groups in total. The molecule has 14 nitrogen and oxygen atoms in total. The molecule has 6 heterocycles. The van der Waals surface area contributed by atoms with Crippen LogP contribution in [0.2, 0.25) is 5.02 Å². The predicted molar refractivity (Wildman–Crippen MR) is 265 cm³/mol. The molecule has 0 bridgehead atoms. The molecule has 2 aliphatic heterocycles. The lowest BCUT2D eigenvalue weighted by Crippen LogP contribution is -2.47. The Kier molecular flexibility index (Phi) is 14.4. The van der Waals surface area contributed by atoms with E-state index < -0.39 is 0 Å². The number of benzene rings is 2. The van der Waals surface area contributed by atoms with Crippen molar-refractivity contribution in [1.82, 2.24) is 29.9 Å². The highest BCUT2D eigenvalue weighted by atomic mass is 35.5. The highest BCUT2D eigenvalue weighted by molar-refractivity contribution is 6.31. The number of nitrogens with one attached hydrogen (secondary N) is 2. The molecule has 64 heavy (non-hydrogen) atoms. The third-order valence-electron chi connectivity index (χ3n) is 12.1. The maximum atomic E-state index is 6.28. The third-order valence-corrected chi connectivity index (χ3v) is 12.5. The normalized spacial score (nSPS) is 15.6. The molecule has 2 saturated heterocycles. The van der Waals surface area contributed by atoms with E-state index in [0.717, 1.165) is 127 Å². The number of rotatable bonds is 11. The highest BCUT2D eigenvalue weighted by Gasteiger charge is 2.23. The number of aromatic nitrogens is 6. The molecule has 334 valence electrons. The van der Waals surface area contributed by atoms with Gasteiger partial charge in [-0.05, 0) is 85.3 Å². The monoisotopic (exact) mass is 880 g/mol. The van der Waals surface area contributed by atoms with Crippen LogP contribution in [0, 0.1) is 6.92 Å². The maximum Gasteiger partial charge on any atom is 0.229 e. The van der Waals surface area contributed by atoms with Gasteiger partial charge in [0.25, 0.3) is 0 Å². The molecule has 6 aromatic rings. The third kappa shape index (κ3) is 11.4. The van der Waals surface area contributed by atoms with Gasteiger partial charge in [0.2, 0.25) is 11.9 Å². The van der Waals surface area contributed by atoms with Gasteiger partial charge in [0.15, 0.2) is 0 Å². The summed E-state index contributed by atoms with van der Waals surface area (Å²) in [6.45, 7) is 8.95. The zero-order valence-electron chi connectivity index (χ0n) is 37.8. The van der Waals surface area contributed by atoms with Gasteiger partial charge in [-0.3, -0.25) is 0 Å². The average molecular weight is 882 g/mol. The van der Waals surface area contributed by atoms with Crippen LogP contribution in [-0.4, -0.2) is 110 Å². The van der Waals surface area contributed by atoms with Gasteiger partial charge in [0.05, 0.1) is 0 Å². The molecule has 1 saturated carbocycles. The largest absolute Gasteiger partial charge is 0.363 e. The molecular formula is C49H61ClN14. The molecular weight excluding hydrogens is 820 g/mol. The van der Waals surface area contributed by atoms with Gasteiger partial charge in [0, 0.05) is 121 Å². The molecule has 9 rings (SSSR count). The summed E-state index contributed by atoms with van der Waals surface area (Å²) >= 11 is 6.28. The van der Waals surface area contributed by atoms with Crippen LogP contribution in [-0.2, 0) is 0 Å². The Morgan fingerprint density at radius 1 is 0.531 bits per heavy atom. The van der Waals surface area contributed by atoms with Gasteiger partial charge in [-0.2, -0.15) is 19.9 Å². The number of nitrogens with zero attached hydrogens (tertiary/aromatic N) is 12. The maximum absolute atomic E-state index is 6.28. The first-order valence-electron chi connectivity index (χ1n) is 22.5. The summed E-state index contributed by atoms with van der Waals surface area (Å²) in [7, 11) is 8.01. The van der Waals surface area contributed by atoms with E-state index in [4.69, 9.17) is 31.5 Å². The van der Waals surface area contributed by atoms with Gasteiger partial charge >= 0.3 is 0 Å². The Morgan fingerprint density at radius 3 is 1.45 bits per heavy atom. The van der Waals surface area contributed by atoms with Crippen molar-refractivity contribution in [2.45, 2.75) is 44.9 Å². The number of aryl methyl sites for hydroxylation is 1. The van der Waals surface area contributed by atoms with E-state index in [1.807, 2.05) is 118 Å². The quantitative estimate of drug-likeness (QED) is 0.129. The Morgan fingerprint density at radius 2 is 1.00 bits per heavy atom. The van der Waals surface area contributed by atoms with Crippen LogP contribution in [0.1, 0.15) is 49.1 Å². The number of piperazine rings is 2. The van der Waals surface area contributed by atoms with Crippen molar-refractivity contribution < 1.29 is 0 Å². The first kappa shape index (κ1) is 44.2. The lowest BCUT2D eigenvalue weighted by Gasteiger charge is -2.35. The summed E-state index contributed by atoms with van der Waals surface area (Å²) in [4.78, 5) is 41.4. The smallest absolute Gasteiger partial charge is 0.229 e. The number of hydrogen-bond donors (Lipinski definition) is 2. The summed E-state index contributed by atoms with van der Waals surface area (Å²) in [5.74, 6) is 7.59. The SMILES string of the molecule is CN(C)c1cc(Nc2ccc(C3CCCCC3)cc2)nc(N2CCN(c3ccccn3)CC2)n1.Cc1ccc(Nc2cc(N(C)C)nc(N3CCN(c4ccccn4)CC3)n2)cc1Cl. The lowest BCUT2D eigenvalue weighted by molar-refractivity contribution is 0.443. The molecule has 0 amide bonds. The van der Waals surface area contributed by atoms with E-state index in [2.05, 4.69) is 70.5 Å². The van der Waals surface area contributed by atoms with Crippen molar-refractivity contribution in [1.29, 1.82) is 0 Å². The van der Waals surface area contributed by atoms with Crippen LogP contribution >= 0.6 is 11.6 Å². The fraction of sp³-hybridized carbons (Fsp3) is 0.388. The van der Waals surface area contributed by atoms with Gasteiger partial charge < -0.3 is 40.0 Å². The zero-order chi connectivity index (χ0) is 44.4. The molecule has 15 heteroatoms. The van der Waals surface area contributed by atoms with Crippen molar-refractivity contribution in [3.63, 3.8) is 0 Å². The van der Waals surface area contributed by atoms with E-state index in [9.17, 15) is 0 Å². The van der Waals surface area contributed by atoms with Crippen LogP contribution in [0.4, 0.5) is 58.2 Å². The molecule has 3 aliphatic rings. The molecule has 2 aromatic carbocycles. The minimum atomic E-state index is 0.721. The van der Waals surface area contributed by atoms with Gasteiger partial charge in [0.1, 0.15) is 34.9 Å². The zero-order valence-corrected chi connectivity index (χ0v) is 38.6. The summed E-state index contributed by atoms with van der Waals surface area (Å²) in [6.07, 6.45) is 10.4. The number of hydrogen-bond acceptors (Lipinski definition) is 14. The highest BCUT2D eigenvalue weighted by Crippen LogP contribution is 2.34. The number of halogens is 1.